The molecule has 0 aliphatic carbocycles. The number of carbonyl (C=O) groups is 1. The Bertz CT molecular complexity index is 344. The molecule has 4 nitrogen and oxygen atoms in total. The lowest BCUT2D eigenvalue weighted by molar-refractivity contribution is 0.0851. The zero-order chi connectivity index (χ0) is 11.4. The number of hydrogen-bond donors (Lipinski definition) is 1. The van der Waals surface area contributed by atoms with Crippen LogP contribution in [0.2, 0.25) is 0 Å². The van der Waals surface area contributed by atoms with Gasteiger partial charge in [0.2, 0.25) is 5.78 Å². The van der Waals surface area contributed by atoms with Crippen LogP contribution in [-0.4, -0.2) is 41.3 Å². The minimum absolute atomic E-state index is 0. The lowest BCUT2D eigenvalue weighted by Crippen LogP contribution is -2.46. The van der Waals surface area contributed by atoms with Crippen molar-refractivity contribution in [2.24, 2.45) is 5.73 Å². The fourth-order valence-electron chi connectivity index (χ4n) is 2.15. The molecule has 0 aromatic carbocycles. The van der Waals surface area contributed by atoms with Gasteiger partial charge in [-0.1, -0.05) is 6.42 Å². The van der Waals surface area contributed by atoms with Crippen molar-refractivity contribution in [2.75, 3.05) is 19.6 Å². The van der Waals surface area contributed by atoms with Crippen molar-refractivity contribution in [3.63, 3.8) is 0 Å². The molecule has 0 radical (unpaired) electrons. The first-order valence-corrected chi connectivity index (χ1v) is 6.56. The van der Waals surface area contributed by atoms with E-state index in [-0.39, 0.29) is 18.2 Å². The van der Waals surface area contributed by atoms with E-state index in [1.165, 1.54) is 24.2 Å². The van der Waals surface area contributed by atoms with Crippen LogP contribution in [0.5, 0.6) is 0 Å². The van der Waals surface area contributed by atoms with Crippen molar-refractivity contribution in [2.45, 2.75) is 25.3 Å². The highest BCUT2D eigenvalue weighted by molar-refractivity contribution is 7.11. The summed E-state index contributed by atoms with van der Waals surface area (Å²) in [5.41, 5.74) is 5.72. The minimum Gasteiger partial charge on any atom is -0.329 e. The quantitative estimate of drug-likeness (QED) is 0.848. The standard InChI is InChI=1S/C11H17N3OS.ClH/c12-7-9-3-1-2-5-14(9)8-10(15)11-13-4-6-16-11;/h4,6,9H,1-3,5,7-8,12H2;1H. The smallest absolute Gasteiger partial charge is 0.205 e. The van der Waals surface area contributed by atoms with Crippen LogP contribution in [0.25, 0.3) is 0 Å². The Balaban J connectivity index is 0.00000144. The van der Waals surface area contributed by atoms with Crippen LogP contribution >= 0.6 is 23.7 Å². The van der Waals surface area contributed by atoms with Crippen LogP contribution in [-0.2, 0) is 0 Å². The number of piperidine rings is 1. The molecule has 1 aromatic heterocycles. The summed E-state index contributed by atoms with van der Waals surface area (Å²) in [5, 5.41) is 2.45. The predicted octanol–water partition coefficient (Wildman–Crippen LogP) is 1.56. The van der Waals surface area contributed by atoms with Gasteiger partial charge in [0.05, 0.1) is 6.54 Å². The van der Waals surface area contributed by atoms with Crippen molar-refractivity contribution >= 4 is 29.5 Å². The molecule has 0 spiro atoms. The second-order valence-corrected chi connectivity index (χ2v) is 5.01. The third kappa shape index (κ3) is 3.74. The lowest BCUT2D eigenvalue weighted by Gasteiger charge is -2.34. The Morgan fingerprint density at radius 1 is 1.59 bits per heavy atom. The normalized spacial score (nSPS) is 20.9. The van der Waals surface area contributed by atoms with Crippen LogP contribution in [0, 0.1) is 0 Å². The molecule has 1 atom stereocenters. The maximum atomic E-state index is 11.9. The van der Waals surface area contributed by atoms with E-state index in [0.717, 1.165) is 13.0 Å². The summed E-state index contributed by atoms with van der Waals surface area (Å²) in [6.07, 6.45) is 5.18. The first-order valence-electron chi connectivity index (χ1n) is 5.68. The summed E-state index contributed by atoms with van der Waals surface area (Å²) in [5.74, 6) is 0.121. The molecule has 2 N–H and O–H groups in total. The fourth-order valence-corrected chi connectivity index (χ4v) is 2.72. The predicted molar refractivity (Wildman–Crippen MR) is 72.0 cm³/mol. The topological polar surface area (TPSA) is 59.2 Å². The van der Waals surface area contributed by atoms with Crippen molar-refractivity contribution in [3.8, 4) is 0 Å². The summed E-state index contributed by atoms with van der Waals surface area (Å²) in [7, 11) is 0. The van der Waals surface area contributed by atoms with Crippen molar-refractivity contribution in [3.05, 3.63) is 16.6 Å². The Hall–Kier alpha value is -0.490. The molecule has 96 valence electrons. The monoisotopic (exact) mass is 275 g/mol. The first-order chi connectivity index (χ1) is 7.81. The molecule has 2 rings (SSSR count). The number of carbonyl (C=O) groups excluding carboxylic acids is 1. The number of nitrogens with zero attached hydrogens (tertiary/aromatic N) is 2. The number of thiazole rings is 1. The van der Waals surface area contributed by atoms with E-state index in [0.29, 0.717) is 24.1 Å². The molecule has 2 heterocycles. The number of aromatic nitrogens is 1. The second-order valence-electron chi connectivity index (χ2n) is 4.12. The number of hydrogen-bond acceptors (Lipinski definition) is 5. The van der Waals surface area contributed by atoms with E-state index < -0.39 is 0 Å². The molecule has 1 fully saturated rings. The van der Waals surface area contributed by atoms with Crippen molar-refractivity contribution in [1.82, 2.24) is 9.88 Å². The van der Waals surface area contributed by atoms with Crippen molar-refractivity contribution in [1.29, 1.82) is 0 Å². The van der Waals surface area contributed by atoms with Crippen LogP contribution in [0.15, 0.2) is 11.6 Å². The zero-order valence-corrected chi connectivity index (χ0v) is 11.3. The molecular formula is C11H18ClN3OS. The van der Waals surface area contributed by atoms with Gasteiger partial charge < -0.3 is 5.73 Å². The van der Waals surface area contributed by atoms with Crippen LogP contribution in [0.4, 0.5) is 0 Å². The van der Waals surface area contributed by atoms with Crippen LogP contribution in [0.3, 0.4) is 0 Å². The number of Topliss-reactive ketones (excluding diaryl/α,β-unsaturated/α-hetero) is 1. The maximum absolute atomic E-state index is 11.9. The number of ketones is 1. The summed E-state index contributed by atoms with van der Waals surface area (Å²) >= 11 is 1.41. The highest BCUT2D eigenvalue weighted by Crippen LogP contribution is 2.17. The van der Waals surface area contributed by atoms with Crippen LogP contribution in [0.1, 0.15) is 29.1 Å². The number of nitrogens with two attached hydrogens (primary N) is 1. The van der Waals surface area contributed by atoms with Gasteiger partial charge in [0.1, 0.15) is 0 Å². The Kier molecular flexibility index (Phi) is 6.05. The van der Waals surface area contributed by atoms with E-state index in [1.54, 1.807) is 6.20 Å². The van der Waals surface area contributed by atoms with Gasteiger partial charge in [-0.15, -0.1) is 23.7 Å². The molecule has 0 bridgehead atoms. The molecule has 1 saturated heterocycles. The highest BCUT2D eigenvalue weighted by Gasteiger charge is 2.24. The Labute approximate surface area is 112 Å². The lowest BCUT2D eigenvalue weighted by atomic mass is 10.0. The molecule has 1 aromatic rings. The molecule has 1 aliphatic heterocycles. The third-order valence-electron chi connectivity index (χ3n) is 3.04. The van der Waals surface area contributed by atoms with Gasteiger partial charge >= 0.3 is 0 Å². The van der Waals surface area contributed by atoms with Gasteiger partial charge in [0, 0.05) is 24.2 Å². The maximum Gasteiger partial charge on any atom is 0.205 e. The summed E-state index contributed by atoms with van der Waals surface area (Å²) in [6.45, 7) is 2.10. The summed E-state index contributed by atoms with van der Waals surface area (Å²) in [4.78, 5) is 18.1. The Morgan fingerprint density at radius 3 is 3.06 bits per heavy atom. The van der Waals surface area contributed by atoms with E-state index in [2.05, 4.69) is 9.88 Å². The number of rotatable bonds is 4. The van der Waals surface area contributed by atoms with Crippen LogP contribution < -0.4 is 5.73 Å². The molecular weight excluding hydrogens is 258 g/mol. The van der Waals surface area contributed by atoms with E-state index in [9.17, 15) is 4.79 Å². The van der Waals surface area contributed by atoms with Gasteiger partial charge in [-0.05, 0) is 19.4 Å². The highest BCUT2D eigenvalue weighted by atomic mass is 35.5. The van der Waals surface area contributed by atoms with E-state index >= 15 is 0 Å². The van der Waals surface area contributed by atoms with E-state index in [4.69, 9.17) is 5.73 Å². The molecule has 6 heteroatoms. The average molecular weight is 276 g/mol. The molecule has 0 saturated carbocycles. The average Bonchev–Trinajstić information content (AvgIpc) is 2.83. The van der Waals surface area contributed by atoms with Gasteiger partial charge in [-0.2, -0.15) is 0 Å². The number of likely N-dealkylation sites (tertiary alicyclic amines) is 1. The van der Waals surface area contributed by atoms with Crippen molar-refractivity contribution < 1.29 is 4.79 Å². The largest absolute Gasteiger partial charge is 0.329 e. The molecule has 0 amide bonds. The van der Waals surface area contributed by atoms with Gasteiger partial charge in [-0.3, -0.25) is 9.69 Å². The molecule has 17 heavy (non-hydrogen) atoms. The van der Waals surface area contributed by atoms with Gasteiger partial charge in [0.15, 0.2) is 5.01 Å². The molecule has 1 unspecified atom stereocenters. The Morgan fingerprint density at radius 2 is 2.41 bits per heavy atom. The first kappa shape index (κ1) is 14.6. The summed E-state index contributed by atoms with van der Waals surface area (Å²) in [6, 6.07) is 0.373. The summed E-state index contributed by atoms with van der Waals surface area (Å²) < 4.78 is 0. The zero-order valence-electron chi connectivity index (χ0n) is 9.67. The third-order valence-corrected chi connectivity index (χ3v) is 3.85. The minimum atomic E-state index is 0. The number of halogens is 1. The van der Waals surface area contributed by atoms with Gasteiger partial charge in [0.25, 0.3) is 0 Å². The van der Waals surface area contributed by atoms with E-state index in [1.807, 2.05) is 5.38 Å². The SMILES string of the molecule is Cl.NCC1CCCCN1CC(=O)c1nccs1. The second kappa shape index (κ2) is 7.06. The van der Waals surface area contributed by atoms with Gasteiger partial charge in [-0.25, -0.2) is 4.98 Å². The molecule has 1 aliphatic rings. The fraction of sp³-hybridized carbons (Fsp3) is 0.636.